The number of nitrogens with one attached hydrogen (secondary N) is 1. The van der Waals surface area contributed by atoms with Crippen molar-refractivity contribution in [2.24, 2.45) is 13.1 Å². The molecule has 0 unspecified atom stereocenters. The highest BCUT2D eigenvalue weighted by atomic mass is 127. The number of carbonyl (C=O) groups excluding carboxylic acids is 2. The third-order valence-electron chi connectivity index (χ3n) is 19.6. The summed E-state index contributed by atoms with van der Waals surface area (Å²) in [6.45, 7) is 24.5. The lowest BCUT2D eigenvalue weighted by atomic mass is 9.79. The molecular weight excluding hydrogens is 2180 g/mol. The molecule has 2 saturated heterocycles. The van der Waals surface area contributed by atoms with Gasteiger partial charge in [-0.3, -0.25) is 14.4 Å². The Morgan fingerprint density at radius 2 is 0.632 bits per heavy atom. The molecule has 2 fully saturated rings. The molecule has 13 rings (SSSR count). The molecular formula is C93H98B4Cl11IN4O18S5. The molecule has 0 bridgehead atoms. The smallest absolute Gasteiger partial charge is 0.480 e. The van der Waals surface area contributed by atoms with E-state index in [2.05, 4.69) is 35.7 Å². The Morgan fingerprint density at radius 3 is 0.912 bits per heavy atom. The zero-order chi connectivity index (χ0) is 101. The number of benzene rings is 11. The average Bonchev–Trinajstić information content (AvgIpc) is 1.62. The van der Waals surface area contributed by atoms with Gasteiger partial charge in [-0.15, -0.1) is 0 Å². The Kier molecular flexibility index (Phi) is 42.7. The number of halogens is 12. The number of carboxylic acids is 1. The van der Waals surface area contributed by atoms with Crippen LogP contribution in [0.5, 0.6) is 0 Å². The Morgan fingerprint density at radius 1 is 0.375 bits per heavy atom. The number of hydrogen-bond donors (Lipinski definition) is 6. The monoisotopic (exact) mass is 2270 g/mol. The molecule has 136 heavy (non-hydrogen) atoms. The van der Waals surface area contributed by atoms with Crippen LogP contribution in [0.15, 0.2) is 305 Å². The fourth-order valence-corrected chi connectivity index (χ4v) is 23.9. The SMILES string of the molecule is C.CC(C)(C)OC(=O)CN=S(=O)(c1cc(Cl)cc(B2OC(C)(C)C(C)(C)O2)c1)c1cc(Cl)cc(B2OC(C)(C)C(C)(C)O2)c1.CC(C)(C)OC(=O)CN=S(=O)(c1cccc(Cl)c1)c1cccc(Cl)c1.Clc1cccc(I)c1.Clc1cccc(Sc2cccc(Cl)c2)c1.N=S(=O)(c1cccc(Cl)c1)c1cccc(Cl)c1.O=C(O)CN=S(=O)(c1cc(Cl)cc(B(O)O)c1)c1cc(Cl)cc(B(O)O)c1. The molecule has 0 amide bonds. The summed E-state index contributed by atoms with van der Waals surface area (Å²) in [6.07, 6.45) is 0. The Hall–Kier alpha value is -6.16. The van der Waals surface area contributed by atoms with Crippen molar-refractivity contribution in [1.82, 2.24) is 0 Å². The number of hydrogen-bond acceptors (Lipinski definition) is 22. The summed E-state index contributed by atoms with van der Waals surface area (Å²) in [4.78, 5) is 39.9. The number of esters is 2. The first-order chi connectivity index (χ1) is 62.6. The highest BCUT2D eigenvalue weighted by Gasteiger charge is 2.53. The number of carboxylic acid groups (broad SMARTS) is 1. The van der Waals surface area contributed by atoms with E-state index in [1.807, 2.05) is 128 Å². The average molecular weight is 2280 g/mol. The van der Waals surface area contributed by atoms with Crippen LogP contribution < -0.4 is 21.9 Å². The van der Waals surface area contributed by atoms with Crippen LogP contribution in [0.2, 0.25) is 55.2 Å². The minimum atomic E-state index is -3.67. The van der Waals surface area contributed by atoms with Crippen LogP contribution in [0.1, 0.15) is 104 Å². The van der Waals surface area contributed by atoms with E-state index < -0.39 is 132 Å². The molecule has 0 saturated carbocycles. The van der Waals surface area contributed by atoms with Crippen molar-refractivity contribution in [3.8, 4) is 0 Å². The van der Waals surface area contributed by atoms with E-state index in [4.69, 9.17) is 166 Å². The predicted octanol–water partition coefficient (Wildman–Crippen LogP) is 23.5. The van der Waals surface area contributed by atoms with Gasteiger partial charge in [-0.1, -0.05) is 189 Å². The Bertz CT molecular complexity index is 6330. The normalized spacial score (nSPS) is 14.1. The maximum absolute atomic E-state index is 15.2. The second kappa shape index (κ2) is 49.7. The Balaban J connectivity index is 0.000000236. The molecule has 2 heterocycles. The topological polar surface area (TPSA) is 337 Å². The van der Waals surface area contributed by atoms with Gasteiger partial charge in [0.25, 0.3) is 0 Å². The van der Waals surface area contributed by atoms with E-state index in [9.17, 15) is 47.1 Å². The molecule has 0 atom stereocenters. The molecule has 11 aromatic carbocycles. The van der Waals surface area contributed by atoms with Gasteiger partial charge in [-0.25, -0.2) is 34.7 Å². The lowest BCUT2D eigenvalue weighted by Gasteiger charge is -2.32. The van der Waals surface area contributed by atoms with Crippen LogP contribution in [0.25, 0.3) is 0 Å². The van der Waals surface area contributed by atoms with Gasteiger partial charge < -0.3 is 53.3 Å². The molecule has 43 heteroatoms. The van der Waals surface area contributed by atoms with Crippen molar-refractivity contribution >= 4 is 269 Å². The Labute approximate surface area is 870 Å². The minimum Gasteiger partial charge on any atom is -0.480 e. The molecule has 724 valence electrons. The summed E-state index contributed by atoms with van der Waals surface area (Å²) in [5.74, 6) is -2.53. The lowest BCUT2D eigenvalue weighted by Crippen LogP contribution is -2.41. The summed E-state index contributed by atoms with van der Waals surface area (Å²) in [7, 11) is -18.7. The fourth-order valence-electron chi connectivity index (χ4n) is 11.9. The zero-order valence-corrected chi connectivity index (χ0v) is 89.5. The van der Waals surface area contributed by atoms with Crippen LogP contribution in [0.4, 0.5) is 0 Å². The van der Waals surface area contributed by atoms with E-state index in [1.165, 1.54) is 40.0 Å². The largest absolute Gasteiger partial charge is 0.494 e. The van der Waals surface area contributed by atoms with Crippen molar-refractivity contribution in [3.05, 3.63) is 301 Å². The van der Waals surface area contributed by atoms with Gasteiger partial charge in [0.1, 0.15) is 69.8 Å². The van der Waals surface area contributed by atoms with Gasteiger partial charge in [0.05, 0.1) is 61.6 Å². The molecule has 0 radical (unpaired) electrons. The van der Waals surface area contributed by atoms with Gasteiger partial charge >= 0.3 is 46.4 Å². The fraction of sp³-hybridized carbons (Fsp3) is 0.258. The van der Waals surface area contributed by atoms with E-state index in [0.29, 0.717) is 60.6 Å². The molecule has 6 N–H and O–H groups in total. The number of carbonyl (C=O) groups is 3. The third-order valence-corrected chi connectivity index (χ3v) is 32.3. The van der Waals surface area contributed by atoms with Crippen LogP contribution in [0, 0.1) is 8.35 Å². The van der Waals surface area contributed by atoms with Crippen LogP contribution in [-0.2, 0) is 81.4 Å². The van der Waals surface area contributed by atoms with Gasteiger partial charge in [0.15, 0.2) is 0 Å². The molecule has 0 aliphatic carbocycles. The summed E-state index contributed by atoms with van der Waals surface area (Å²) in [5.41, 5.74) is -2.83. The number of aliphatic carboxylic acids is 1. The van der Waals surface area contributed by atoms with Crippen LogP contribution in [0.3, 0.4) is 0 Å². The maximum atomic E-state index is 15.2. The lowest BCUT2D eigenvalue weighted by molar-refractivity contribution is -0.153. The number of nitrogens with zero attached hydrogens (tertiary/aromatic N) is 3. The molecule has 11 aromatic rings. The molecule has 0 aromatic heterocycles. The van der Waals surface area contributed by atoms with Gasteiger partial charge in [0, 0.05) is 68.6 Å². The maximum Gasteiger partial charge on any atom is 0.494 e. The molecule has 22 nitrogen and oxygen atoms in total. The van der Waals surface area contributed by atoms with Crippen molar-refractivity contribution in [2.45, 2.75) is 187 Å². The second-order valence-corrected chi connectivity index (χ2v) is 49.7. The van der Waals surface area contributed by atoms with Crippen molar-refractivity contribution in [2.75, 3.05) is 19.6 Å². The van der Waals surface area contributed by atoms with E-state index >= 15 is 4.21 Å². The quantitative estimate of drug-likeness (QED) is 0.0234. The van der Waals surface area contributed by atoms with Crippen molar-refractivity contribution in [1.29, 1.82) is 4.78 Å². The van der Waals surface area contributed by atoms with E-state index in [1.54, 1.807) is 175 Å². The van der Waals surface area contributed by atoms with Crippen LogP contribution in [-0.4, -0.2) is 142 Å². The third kappa shape index (κ3) is 34.0. The van der Waals surface area contributed by atoms with E-state index in [-0.39, 0.29) is 54.5 Å². The van der Waals surface area contributed by atoms with Gasteiger partial charge in [-0.05, 0) is 342 Å². The standard InChI is InChI=1S/C30H41B2Cl2NO7S.C18H19Cl2NO3S.C14H13B2Cl2NO7S.C12H9Cl2NOS.C12H8Cl2S.C6H4ClI.CH4/c1-26(2,3)38-25(36)18-35-43(37,23-14-19(12-21(33)16-23)31-39-27(4,5)28(6,7)40-31)24-15-20(13-22(34)17-24)32-41-29(8,9)30(10,11)42-32;1-18(2,3)24-17(22)12-21-25(23,15-8-4-6-13(19)10-15)16-9-5-7-14(20)11-16;17-10-1-8(15(22)23)3-12(5-10)27(26,19-7-14(20)21)13-4-9(16(24)25)2-11(18)6-13;13-9-3-1-5-11(7-9)17(15,16)12-6-2-4-10(14)8-12;13-9-3-1-5-11(7-9)15-12-6-2-4-10(14)8-12;7-5-2-1-3-6(8)4-5;/h12-17H,18H2,1-11H3;4-11H,12H2,1-3H3;1-6,22-25H,7H2,(H,20,21);1-8,15H;1-8H;1-4H;1H4. The predicted molar refractivity (Wildman–Crippen MR) is 563 cm³/mol. The number of ether oxygens (including phenoxy) is 2. The first kappa shape index (κ1) is 117. The highest BCUT2D eigenvalue weighted by Crippen LogP contribution is 2.41. The van der Waals surface area contributed by atoms with Gasteiger partial charge in [0.2, 0.25) is 0 Å². The molecule has 2 aliphatic rings. The number of rotatable bonds is 20. The molecule has 0 spiro atoms. The van der Waals surface area contributed by atoms with E-state index in [0.717, 1.165) is 37.0 Å². The van der Waals surface area contributed by atoms with Gasteiger partial charge in [-0.2, -0.15) is 0 Å². The van der Waals surface area contributed by atoms with Crippen molar-refractivity contribution < 1.29 is 84.5 Å². The summed E-state index contributed by atoms with van der Waals surface area (Å²) >= 11 is 70.2. The first-order valence-corrected chi connectivity index (χ1v) is 52.7. The summed E-state index contributed by atoms with van der Waals surface area (Å²) < 4.78 is 112. The highest BCUT2D eigenvalue weighted by molar-refractivity contribution is 14.1. The minimum absolute atomic E-state index is 0. The summed E-state index contributed by atoms with van der Waals surface area (Å²) in [5, 5.41) is 51.2. The second-order valence-electron chi connectivity index (χ2n) is 33.7. The molecule has 2 aliphatic heterocycles. The zero-order valence-electron chi connectivity index (χ0n) is 75.0. The van der Waals surface area contributed by atoms with Crippen LogP contribution >= 0.6 is 162 Å². The van der Waals surface area contributed by atoms with Crippen molar-refractivity contribution in [3.63, 3.8) is 0 Å². The summed E-state index contributed by atoms with van der Waals surface area (Å²) in [6, 6.07) is 66.6. The first-order valence-electron chi connectivity index (χ1n) is 40.5.